The first-order valence-electron chi connectivity index (χ1n) is 9.08. The number of guanidine groups is 1. The van der Waals surface area contributed by atoms with Crippen LogP contribution in [0.15, 0.2) is 35.6 Å². The van der Waals surface area contributed by atoms with Crippen LogP contribution in [0.1, 0.15) is 12.7 Å². The van der Waals surface area contributed by atoms with E-state index in [1.807, 2.05) is 25.2 Å². The summed E-state index contributed by atoms with van der Waals surface area (Å²) >= 11 is 0. The van der Waals surface area contributed by atoms with Gasteiger partial charge in [0.25, 0.3) is 0 Å². The topological polar surface area (TPSA) is 81.8 Å². The van der Waals surface area contributed by atoms with Crippen molar-refractivity contribution in [1.29, 1.82) is 0 Å². The van der Waals surface area contributed by atoms with Gasteiger partial charge in [0.1, 0.15) is 17.9 Å². The zero-order chi connectivity index (χ0) is 18.4. The van der Waals surface area contributed by atoms with E-state index in [1.54, 1.807) is 12.4 Å². The van der Waals surface area contributed by atoms with E-state index in [2.05, 4.69) is 41.8 Å². The average Bonchev–Trinajstić information content (AvgIpc) is 3.13. The summed E-state index contributed by atoms with van der Waals surface area (Å²) in [4.78, 5) is 8.88. The fraction of sp³-hybridized carbons (Fsp3) is 0.500. The van der Waals surface area contributed by atoms with Gasteiger partial charge in [0.15, 0.2) is 5.96 Å². The van der Waals surface area contributed by atoms with Gasteiger partial charge < -0.3 is 24.8 Å². The highest BCUT2D eigenvalue weighted by atomic mass is 127. The van der Waals surface area contributed by atoms with E-state index >= 15 is 0 Å². The molecule has 0 amide bonds. The Kier molecular flexibility index (Phi) is 8.14. The van der Waals surface area contributed by atoms with Crippen LogP contribution < -0.4 is 10.2 Å². The predicted octanol–water partition coefficient (Wildman–Crippen LogP) is 1.56. The first kappa shape index (κ1) is 21.3. The van der Waals surface area contributed by atoms with Crippen molar-refractivity contribution in [2.75, 3.05) is 44.7 Å². The van der Waals surface area contributed by atoms with E-state index in [9.17, 15) is 5.11 Å². The Morgan fingerprint density at radius 3 is 2.63 bits per heavy atom. The van der Waals surface area contributed by atoms with E-state index < -0.39 is 0 Å². The third-order valence-corrected chi connectivity index (χ3v) is 4.66. The summed E-state index contributed by atoms with van der Waals surface area (Å²) in [5.74, 6) is 2.25. The lowest BCUT2D eigenvalue weighted by atomic mass is 10.2. The number of aromatic nitrogens is 3. The number of piperazine rings is 1. The van der Waals surface area contributed by atoms with Gasteiger partial charge in [-0.3, -0.25) is 4.99 Å². The zero-order valence-electron chi connectivity index (χ0n) is 15.9. The minimum absolute atomic E-state index is 0. The number of benzene rings is 1. The minimum atomic E-state index is 0. The second-order valence-corrected chi connectivity index (χ2v) is 6.23. The second kappa shape index (κ2) is 10.3. The standard InChI is InChI=1S/C18H27N7O.HI/c1-3-17-22-21-14-25(17)9-8-20-18(19-2)24-12-10-23(11-13-24)15-6-4-5-7-16(15)26;/h4-7,14,26H,3,8-13H2,1-2H3,(H,19,20);1H. The number of aliphatic imine (C=N–C) groups is 1. The number of aromatic hydroxyl groups is 1. The minimum Gasteiger partial charge on any atom is -0.506 e. The van der Waals surface area contributed by atoms with Crippen LogP contribution in [0.25, 0.3) is 0 Å². The number of hydrogen-bond donors (Lipinski definition) is 2. The van der Waals surface area contributed by atoms with Gasteiger partial charge in [-0.2, -0.15) is 0 Å². The summed E-state index contributed by atoms with van der Waals surface area (Å²) in [6.07, 6.45) is 2.65. The molecule has 2 N–H and O–H groups in total. The van der Waals surface area contributed by atoms with Gasteiger partial charge in [0, 0.05) is 52.7 Å². The van der Waals surface area contributed by atoms with E-state index in [-0.39, 0.29) is 24.0 Å². The molecule has 1 saturated heterocycles. The molecule has 1 fully saturated rings. The third-order valence-electron chi connectivity index (χ3n) is 4.66. The molecule has 1 aromatic carbocycles. The largest absolute Gasteiger partial charge is 0.506 e. The van der Waals surface area contributed by atoms with Crippen LogP contribution in [0.2, 0.25) is 0 Å². The maximum absolute atomic E-state index is 10.0. The van der Waals surface area contributed by atoms with Gasteiger partial charge in [0.2, 0.25) is 0 Å². The number of rotatable bonds is 5. The number of nitrogens with zero attached hydrogens (tertiary/aromatic N) is 6. The van der Waals surface area contributed by atoms with E-state index in [1.165, 1.54) is 0 Å². The molecule has 9 heteroatoms. The molecule has 0 atom stereocenters. The Hall–Kier alpha value is -2.04. The molecule has 0 unspecified atom stereocenters. The molecule has 0 bridgehead atoms. The molecule has 0 aliphatic carbocycles. The molecule has 2 aromatic rings. The van der Waals surface area contributed by atoms with Gasteiger partial charge in [-0.1, -0.05) is 19.1 Å². The van der Waals surface area contributed by atoms with Gasteiger partial charge in [0.05, 0.1) is 5.69 Å². The average molecular weight is 485 g/mol. The molecule has 0 radical (unpaired) electrons. The molecular formula is C18H28IN7O. The quantitative estimate of drug-likeness (QED) is 0.380. The molecule has 1 aromatic heterocycles. The van der Waals surface area contributed by atoms with Crippen molar-refractivity contribution < 1.29 is 5.11 Å². The van der Waals surface area contributed by atoms with Crippen LogP contribution in [0.5, 0.6) is 5.75 Å². The summed E-state index contributed by atoms with van der Waals surface area (Å²) in [6, 6.07) is 7.50. The molecule has 27 heavy (non-hydrogen) atoms. The molecule has 1 aliphatic heterocycles. The number of anilines is 1. The van der Waals surface area contributed by atoms with E-state index in [4.69, 9.17) is 0 Å². The molecule has 148 valence electrons. The number of phenols is 1. The Morgan fingerprint density at radius 1 is 1.22 bits per heavy atom. The van der Waals surface area contributed by atoms with Crippen molar-refractivity contribution >= 4 is 35.6 Å². The van der Waals surface area contributed by atoms with Crippen LogP contribution in [0, 0.1) is 0 Å². The molecule has 8 nitrogen and oxygen atoms in total. The number of phenolic OH excluding ortho intramolecular Hbond substituents is 1. The fourth-order valence-corrected chi connectivity index (χ4v) is 3.25. The Bertz CT molecular complexity index is 741. The Morgan fingerprint density at radius 2 is 1.96 bits per heavy atom. The van der Waals surface area contributed by atoms with Crippen molar-refractivity contribution in [3.8, 4) is 5.75 Å². The summed E-state index contributed by atoms with van der Waals surface area (Å²) in [5, 5.41) is 21.5. The molecule has 0 spiro atoms. The maximum atomic E-state index is 10.0. The van der Waals surface area contributed by atoms with Gasteiger partial charge >= 0.3 is 0 Å². The third kappa shape index (κ3) is 5.24. The summed E-state index contributed by atoms with van der Waals surface area (Å²) < 4.78 is 2.07. The van der Waals surface area contributed by atoms with Gasteiger partial charge in [-0.25, -0.2) is 0 Å². The zero-order valence-corrected chi connectivity index (χ0v) is 18.2. The lowest BCUT2D eigenvalue weighted by Gasteiger charge is -2.37. The maximum Gasteiger partial charge on any atom is 0.193 e. The fourth-order valence-electron chi connectivity index (χ4n) is 3.25. The van der Waals surface area contributed by atoms with Crippen LogP contribution in [0.3, 0.4) is 0 Å². The molecule has 1 aliphatic rings. The normalized spacial score (nSPS) is 14.8. The number of halogens is 1. The number of aryl methyl sites for hydroxylation is 1. The Labute approximate surface area is 177 Å². The number of hydrogen-bond acceptors (Lipinski definition) is 5. The van der Waals surface area contributed by atoms with Crippen molar-refractivity contribution in [3.63, 3.8) is 0 Å². The molecule has 3 rings (SSSR count). The SMILES string of the molecule is CCc1nncn1CCNC(=NC)N1CCN(c2ccccc2O)CC1.I. The first-order valence-corrected chi connectivity index (χ1v) is 9.08. The smallest absolute Gasteiger partial charge is 0.193 e. The van der Waals surface area contributed by atoms with Crippen molar-refractivity contribution in [2.24, 2.45) is 4.99 Å². The molecule has 2 heterocycles. The highest BCUT2D eigenvalue weighted by Crippen LogP contribution is 2.27. The van der Waals surface area contributed by atoms with Gasteiger partial charge in [-0.05, 0) is 12.1 Å². The summed E-state index contributed by atoms with van der Waals surface area (Å²) in [7, 11) is 1.81. The monoisotopic (exact) mass is 485 g/mol. The summed E-state index contributed by atoms with van der Waals surface area (Å²) in [5.41, 5.74) is 0.898. The number of nitrogens with one attached hydrogen (secondary N) is 1. The summed E-state index contributed by atoms with van der Waals surface area (Å²) in [6.45, 7) is 7.09. The van der Waals surface area contributed by atoms with E-state index in [0.717, 1.165) is 63.2 Å². The molecular weight excluding hydrogens is 457 g/mol. The van der Waals surface area contributed by atoms with Crippen LogP contribution >= 0.6 is 24.0 Å². The number of para-hydroxylation sites is 2. The lowest BCUT2D eigenvalue weighted by molar-refractivity contribution is 0.369. The van der Waals surface area contributed by atoms with Crippen LogP contribution in [-0.2, 0) is 13.0 Å². The van der Waals surface area contributed by atoms with E-state index in [0.29, 0.717) is 5.75 Å². The second-order valence-electron chi connectivity index (χ2n) is 6.23. The highest BCUT2D eigenvalue weighted by Gasteiger charge is 2.21. The van der Waals surface area contributed by atoms with Crippen molar-refractivity contribution in [1.82, 2.24) is 25.0 Å². The van der Waals surface area contributed by atoms with Crippen molar-refractivity contribution in [3.05, 3.63) is 36.4 Å². The van der Waals surface area contributed by atoms with Gasteiger partial charge in [-0.15, -0.1) is 34.2 Å². The van der Waals surface area contributed by atoms with Crippen LogP contribution in [-0.4, -0.2) is 70.5 Å². The van der Waals surface area contributed by atoms with Crippen molar-refractivity contribution in [2.45, 2.75) is 19.9 Å². The first-order chi connectivity index (χ1) is 12.7. The Balaban J connectivity index is 0.00000261. The van der Waals surface area contributed by atoms with Crippen LogP contribution in [0.4, 0.5) is 5.69 Å². The highest BCUT2D eigenvalue weighted by molar-refractivity contribution is 14.0. The lowest BCUT2D eigenvalue weighted by Crippen LogP contribution is -2.53. The molecule has 0 saturated carbocycles. The predicted molar refractivity (Wildman–Crippen MR) is 118 cm³/mol.